The molecule has 0 aliphatic heterocycles. The van der Waals surface area contributed by atoms with Crippen LogP contribution in [0.4, 0.5) is 0 Å². The van der Waals surface area contributed by atoms with Gasteiger partial charge in [-0.15, -0.1) is 0 Å². The Hall–Kier alpha value is -1.09. The first kappa shape index (κ1) is 10.4. The van der Waals surface area contributed by atoms with Crippen molar-refractivity contribution in [2.75, 3.05) is 7.11 Å². The molecule has 2 nitrogen and oxygen atoms in total. The van der Waals surface area contributed by atoms with Crippen molar-refractivity contribution in [1.82, 2.24) is 0 Å². The Morgan fingerprint density at radius 1 is 1.60 bits per heavy atom. The molecule has 15 heavy (non-hydrogen) atoms. The van der Waals surface area contributed by atoms with Gasteiger partial charge in [0.25, 0.3) is 0 Å². The van der Waals surface area contributed by atoms with Gasteiger partial charge >= 0.3 is 5.97 Å². The van der Waals surface area contributed by atoms with E-state index in [1.54, 1.807) is 11.3 Å². The van der Waals surface area contributed by atoms with E-state index < -0.39 is 0 Å². The second kappa shape index (κ2) is 4.19. The van der Waals surface area contributed by atoms with Crippen LogP contribution in [0.25, 0.3) is 0 Å². The number of methoxy groups -OCH3 is 1. The van der Waals surface area contributed by atoms with Crippen LogP contribution in [-0.2, 0) is 9.53 Å². The molecule has 1 aliphatic rings. The molecule has 1 aromatic heterocycles. The second-order valence-electron chi connectivity index (χ2n) is 3.95. The van der Waals surface area contributed by atoms with Gasteiger partial charge in [-0.25, -0.2) is 0 Å². The van der Waals surface area contributed by atoms with Gasteiger partial charge in [0.05, 0.1) is 13.0 Å². The Bertz CT molecular complexity index is 367. The SMILES string of the molecule is C=C1C[C@@H](C(=O)OC)[C@H](c2ccsc2)C1. The van der Waals surface area contributed by atoms with Crippen molar-refractivity contribution in [2.24, 2.45) is 5.92 Å². The summed E-state index contributed by atoms with van der Waals surface area (Å²) >= 11 is 1.67. The molecule has 0 bridgehead atoms. The molecule has 1 heterocycles. The number of rotatable bonds is 2. The van der Waals surface area contributed by atoms with Gasteiger partial charge in [-0.3, -0.25) is 4.79 Å². The van der Waals surface area contributed by atoms with E-state index in [1.807, 2.05) is 5.38 Å². The van der Waals surface area contributed by atoms with Crippen LogP contribution < -0.4 is 0 Å². The molecular weight excluding hydrogens is 208 g/mol. The molecule has 0 radical (unpaired) electrons. The zero-order valence-electron chi connectivity index (χ0n) is 8.73. The van der Waals surface area contributed by atoms with E-state index in [2.05, 4.69) is 18.0 Å². The highest BCUT2D eigenvalue weighted by Crippen LogP contribution is 2.43. The predicted octanol–water partition coefficient (Wildman–Crippen LogP) is 2.97. The summed E-state index contributed by atoms with van der Waals surface area (Å²) in [4.78, 5) is 11.6. The number of ether oxygens (including phenoxy) is 1. The highest BCUT2D eigenvalue weighted by Gasteiger charge is 2.36. The van der Waals surface area contributed by atoms with Gasteiger partial charge in [-0.05, 0) is 35.2 Å². The van der Waals surface area contributed by atoms with Gasteiger partial charge in [0.2, 0.25) is 0 Å². The minimum Gasteiger partial charge on any atom is -0.469 e. The molecule has 0 saturated heterocycles. The van der Waals surface area contributed by atoms with E-state index in [1.165, 1.54) is 12.7 Å². The normalized spacial score (nSPS) is 25.5. The first-order valence-electron chi connectivity index (χ1n) is 4.99. The Morgan fingerprint density at radius 2 is 2.40 bits per heavy atom. The van der Waals surface area contributed by atoms with Gasteiger partial charge in [0.15, 0.2) is 0 Å². The van der Waals surface area contributed by atoms with Crippen molar-refractivity contribution in [3.63, 3.8) is 0 Å². The molecule has 80 valence electrons. The van der Waals surface area contributed by atoms with Crippen molar-refractivity contribution in [2.45, 2.75) is 18.8 Å². The molecule has 3 heteroatoms. The number of esters is 1. The highest BCUT2D eigenvalue weighted by molar-refractivity contribution is 7.08. The summed E-state index contributed by atoms with van der Waals surface area (Å²) in [5, 5.41) is 4.16. The van der Waals surface area contributed by atoms with Crippen LogP contribution in [0, 0.1) is 5.92 Å². The van der Waals surface area contributed by atoms with Crippen LogP contribution in [0.3, 0.4) is 0 Å². The molecule has 0 aromatic carbocycles. The molecule has 0 amide bonds. The minimum atomic E-state index is -0.107. The number of thiophene rings is 1. The predicted molar refractivity (Wildman–Crippen MR) is 60.9 cm³/mol. The lowest BCUT2D eigenvalue weighted by Crippen LogP contribution is -2.18. The van der Waals surface area contributed by atoms with Crippen LogP contribution >= 0.6 is 11.3 Å². The molecule has 1 fully saturated rings. The van der Waals surface area contributed by atoms with Crippen molar-refractivity contribution >= 4 is 17.3 Å². The van der Waals surface area contributed by atoms with Gasteiger partial charge < -0.3 is 4.74 Å². The molecule has 0 spiro atoms. The molecule has 0 N–H and O–H groups in total. The van der Waals surface area contributed by atoms with Gasteiger partial charge in [0.1, 0.15) is 0 Å². The van der Waals surface area contributed by atoms with Crippen molar-refractivity contribution in [3.8, 4) is 0 Å². The number of allylic oxidation sites excluding steroid dienone is 1. The molecule has 1 aromatic rings. The van der Waals surface area contributed by atoms with Crippen LogP contribution in [0.5, 0.6) is 0 Å². The zero-order valence-corrected chi connectivity index (χ0v) is 9.55. The van der Waals surface area contributed by atoms with E-state index in [0.29, 0.717) is 0 Å². The second-order valence-corrected chi connectivity index (χ2v) is 4.73. The van der Waals surface area contributed by atoms with Crippen molar-refractivity contribution < 1.29 is 9.53 Å². The summed E-state index contributed by atoms with van der Waals surface area (Å²) in [6, 6.07) is 2.09. The number of carbonyl (C=O) groups is 1. The van der Waals surface area contributed by atoms with E-state index >= 15 is 0 Å². The topological polar surface area (TPSA) is 26.3 Å². The largest absolute Gasteiger partial charge is 0.469 e. The molecule has 1 aliphatic carbocycles. The lowest BCUT2D eigenvalue weighted by Gasteiger charge is -2.15. The average molecular weight is 222 g/mol. The van der Waals surface area contributed by atoms with Gasteiger partial charge in [0, 0.05) is 5.92 Å². The molecule has 1 saturated carbocycles. The minimum absolute atomic E-state index is 0.0305. The summed E-state index contributed by atoms with van der Waals surface area (Å²) in [6.07, 6.45) is 1.68. The lowest BCUT2D eigenvalue weighted by molar-refractivity contribution is -0.145. The average Bonchev–Trinajstić information content (AvgIpc) is 2.84. The van der Waals surface area contributed by atoms with Crippen LogP contribution in [0.2, 0.25) is 0 Å². The third-order valence-electron chi connectivity index (χ3n) is 2.98. The maximum Gasteiger partial charge on any atom is 0.309 e. The smallest absolute Gasteiger partial charge is 0.309 e. The lowest BCUT2D eigenvalue weighted by atomic mass is 9.91. The summed E-state index contributed by atoms with van der Waals surface area (Å²) in [5.74, 6) is 0.137. The fourth-order valence-electron chi connectivity index (χ4n) is 2.22. The number of hydrogen-bond acceptors (Lipinski definition) is 3. The Morgan fingerprint density at radius 3 is 3.00 bits per heavy atom. The van der Waals surface area contributed by atoms with Gasteiger partial charge in [-0.1, -0.05) is 12.2 Å². The zero-order chi connectivity index (χ0) is 10.8. The van der Waals surface area contributed by atoms with Crippen LogP contribution in [0.1, 0.15) is 24.3 Å². The first-order valence-corrected chi connectivity index (χ1v) is 5.93. The first-order chi connectivity index (χ1) is 7.22. The van der Waals surface area contributed by atoms with Crippen LogP contribution in [0.15, 0.2) is 29.0 Å². The standard InChI is InChI=1S/C12H14O2S/c1-8-5-10(9-3-4-15-7-9)11(6-8)12(13)14-2/h3-4,7,10-11H,1,5-6H2,2H3/t10-,11+/m0/s1. The van der Waals surface area contributed by atoms with E-state index in [4.69, 9.17) is 4.74 Å². The Kier molecular flexibility index (Phi) is 2.91. The third-order valence-corrected chi connectivity index (χ3v) is 3.68. The van der Waals surface area contributed by atoms with Crippen molar-refractivity contribution in [3.05, 3.63) is 34.5 Å². The maximum absolute atomic E-state index is 11.6. The fraction of sp³-hybridized carbons (Fsp3) is 0.417. The van der Waals surface area contributed by atoms with E-state index in [0.717, 1.165) is 18.4 Å². The van der Waals surface area contributed by atoms with E-state index in [-0.39, 0.29) is 17.8 Å². The Balaban J connectivity index is 2.23. The quantitative estimate of drug-likeness (QED) is 0.568. The van der Waals surface area contributed by atoms with Crippen LogP contribution in [-0.4, -0.2) is 13.1 Å². The van der Waals surface area contributed by atoms with E-state index in [9.17, 15) is 4.79 Å². The highest BCUT2D eigenvalue weighted by atomic mass is 32.1. The monoisotopic (exact) mass is 222 g/mol. The fourth-order valence-corrected chi connectivity index (χ4v) is 2.95. The summed E-state index contributed by atoms with van der Waals surface area (Å²) in [7, 11) is 1.45. The number of carbonyl (C=O) groups excluding carboxylic acids is 1. The molecule has 2 rings (SSSR count). The molecular formula is C12H14O2S. The summed E-state index contributed by atoms with van der Waals surface area (Å²) in [5.41, 5.74) is 2.40. The Labute approximate surface area is 93.6 Å². The van der Waals surface area contributed by atoms with Crippen molar-refractivity contribution in [1.29, 1.82) is 0 Å². The summed E-state index contributed by atoms with van der Waals surface area (Å²) < 4.78 is 4.83. The third kappa shape index (κ3) is 1.97. The summed E-state index contributed by atoms with van der Waals surface area (Å²) in [6.45, 7) is 3.98. The maximum atomic E-state index is 11.6. The number of hydrogen-bond donors (Lipinski definition) is 0. The molecule has 2 atom stereocenters. The molecule has 0 unspecified atom stereocenters. The van der Waals surface area contributed by atoms with Gasteiger partial charge in [-0.2, -0.15) is 11.3 Å².